The third-order valence-corrected chi connectivity index (χ3v) is 5.19. The summed E-state index contributed by atoms with van der Waals surface area (Å²) in [5.41, 5.74) is 1.83. The third-order valence-electron chi connectivity index (χ3n) is 4.99. The smallest absolute Gasteiger partial charge is 0.254 e. The van der Waals surface area contributed by atoms with Crippen molar-refractivity contribution in [1.29, 1.82) is 0 Å². The number of ether oxygens (including phenoxy) is 1. The summed E-state index contributed by atoms with van der Waals surface area (Å²) < 4.78 is 7.37. The van der Waals surface area contributed by atoms with Crippen LogP contribution in [0.2, 0.25) is 5.02 Å². The second-order valence-corrected chi connectivity index (χ2v) is 7.36. The number of carbonyl (C=O) groups excluding carboxylic acids is 1. The van der Waals surface area contributed by atoms with E-state index in [0.717, 1.165) is 25.8 Å². The van der Waals surface area contributed by atoms with Gasteiger partial charge < -0.3 is 9.64 Å². The fourth-order valence-electron chi connectivity index (χ4n) is 3.63. The van der Waals surface area contributed by atoms with Crippen LogP contribution in [0.1, 0.15) is 41.2 Å². The predicted molar refractivity (Wildman–Crippen MR) is 108 cm³/mol. The van der Waals surface area contributed by atoms with E-state index in [2.05, 4.69) is 17.2 Å². The number of hydrogen-bond donors (Lipinski definition) is 0. The molecule has 0 bridgehead atoms. The summed E-state index contributed by atoms with van der Waals surface area (Å²) in [6.07, 6.45) is 6.41. The lowest BCUT2D eigenvalue weighted by Gasteiger charge is -2.36. The van der Waals surface area contributed by atoms with Gasteiger partial charge >= 0.3 is 0 Å². The van der Waals surface area contributed by atoms with Crippen LogP contribution in [0.25, 0.3) is 0 Å². The standard InChI is InChI=1S/C22H22ClN3O2/c23-19-14-24-25(15-19)16-28-20-10-6-9-18(13-20)22(27)26-12-5-4-11-21(26)17-7-2-1-3-8-17/h1-3,6-10,13-15,21H,4-5,11-12,16H2/t21-/m1/s1. The van der Waals surface area contributed by atoms with Gasteiger partial charge in [0, 0.05) is 18.3 Å². The first-order valence-corrected chi connectivity index (χ1v) is 9.85. The molecule has 1 aliphatic heterocycles. The van der Waals surface area contributed by atoms with Crippen molar-refractivity contribution in [2.75, 3.05) is 6.54 Å². The molecule has 1 aliphatic rings. The van der Waals surface area contributed by atoms with Gasteiger partial charge in [-0.3, -0.25) is 4.79 Å². The van der Waals surface area contributed by atoms with Crippen molar-refractivity contribution in [3.63, 3.8) is 0 Å². The molecule has 144 valence electrons. The number of halogens is 1. The Morgan fingerprint density at radius 3 is 2.79 bits per heavy atom. The molecule has 1 saturated heterocycles. The second-order valence-electron chi connectivity index (χ2n) is 6.92. The quantitative estimate of drug-likeness (QED) is 0.614. The third kappa shape index (κ3) is 4.20. The molecule has 2 heterocycles. The van der Waals surface area contributed by atoms with Gasteiger partial charge in [0.05, 0.1) is 17.3 Å². The first kappa shape index (κ1) is 18.6. The first-order chi connectivity index (χ1) is 13.7. The van der Waals surface area contributed by atoms with Gasteiger partial charge in [-0.2, -0.15) is 5.10 Å². The van der Waals surface area contributed by atoms with E-state index >= 15 is 0 Å². The minimum atomic E-state index is 0.0427. The van der Waals surface area contributed by atoms with Gasteiger partial charge in [-0.15, -0.1) is 0 Å². The van der Waals surface area contributed by atoms with Crippen molar-refractivity contribution in [1.82, 2.24) is 14.7 Å². The summed E-state index contributed by atoms with van der Waals surface area (Å²) in [6, 6.07) is 17.7. The summed E-state index contributed by atoms with van der Waals surface area (Å²) in [5, 5.41) is 4.65. The molecule has 0 unspecified atom stereocenters. The maximum Gasteiger partial charge on any atom is 0.254 e. The van der Waals surface area contributed by atoms with Gasteiger partial charge in [0.1, 0.15) is 5.75 Å². The Balaban J connectivity index is 1.50. The highest BCUT2D eigenvalue weighted by Crippen LogP contribution is 2.32. The molecule has 5 nitrogen and oxygen atoms in total. The number of likely N-dealkylation sites (tertiary alicyclic amines) is 1. The lowest BCUT2D eigenvalue weighted by molar-refractivity contribution is 0.0611. The van der Waals surface area contributed by atoms with Gasteiger partial charge in [0.2, 0.25) is 0 Å². The number of hydrogen-bond acceptors (Lipinski definition) is 3. The molecule has 28 heavy (non-hydrogen) atoms. The van der Waals surface area contributed by atoms with Crippen LogP contribution >= 0.6 is 11.6 Å². The highest BCUT2D eigenvalue weighted by Gasteiger charge is 2.28. The summed E-state index contributed by atoms with van der Waals surface area (Å²) in [6.45, 7) is 1.01. The first-order valence-electron chi connectivity index (χ1n) is 9.47. The van der Waals surface area contributed by atoms with Crippen LogP contribution in [0.5, 0.6) is 5.75 Å². The molecule has 3 aromatic rings. The van der Waals surface area contributed by atoms with E-state index in [1.165, 1.54) is 5.56 Å². The zero-order chi connectivity index (χ0) is 19.3. The van der Waals surface area contributed by atoms with Crippen LogP contribution in [0.3, 0.4) is 0 Å². The number of benzene rings is 2. The minimum Gasteiger partial charge on any atom is -0.471 e. The maximum atomic E-state index is 13.2. The topological polar surface area (TPSA) is 47.4 Å². The molecule has 2 aromatic carbocycles. The lowest BCUT2D eigenvalue weighted by Crippen LogP contribution is -2.38. The van der Waals surface area contributed by atoms with Crippen molar-refractivity contribution in [2.24, 2.45) is 0 Å². The number of nitrogens with zero attached hydrogens (tertiary/aromatic N) is 3. The van der Waals surface area contributed by atoms with Crippen LogP contribution < -0.4 is 4.74 Å². The Kier molecular flexibility index (Phi) is 5.63. The van der Waals surface area contributed by atoms with Crippen LogP contribution in [0, 0.1) is 0 Å². The molecular weight excluding hydrogens is 374 g/mol. The minimum absolute atomic E-state index is 0.0427. The van der Waals surface area contributed by atoms with Gasteiger partial charge in [-0.25, -0.2) is 4.68 Å². The van der Waals surface area contributed by atoms with Gasteiger partial charge in [-0.05, 0) is 43.0 Å². The zero-order valence-electron chi connectivity index (χ0n) is 15.5. The van der Waals surface area contributed by atoms with E-state index in [1.54, 1.807) is 23.1 Å². The summed E-state index contributed by atoms with van der Waals surface area (Å²) in [5.74, 6) is 0.673. The van der Waals surface area contributed by atoms with Crippen LogP contribution in [0.15, 0.2) is 67.0 Å². The average molecular weight is 396 g/mol. The number of rotatable bonds is 5. The molecule has 6 heteroatoms. The van der Waals surface area contributed by atoms with Crippen molar-refractivity contribution in [2.45, 2.75) is 32.0 Å². The maximum absolute atomic E-state index is 13.2. The Morgan fingerprint density at radius 1 is 1.14 bits per heavy atom. The van der Waals surface area contributed by atoms with Crippen molar-refractivity contribution in [3.8, 4) is 5.75 Å². The van der Waals surface area contributed by atoms with Crippen LogP contribution in [0.4, 0.5) is 0 Å². The van der Waals surface area contributed by atoms with E-state index < -0.39 is 0 Å². The van der Waals surface area contributed by atoms with E-state index in [1.807, 2.05) is 41.3 Å². The molecule has 1 atom stereocenters. The SMILES string of the molecule is O=C(c1cccc(OCn2cc(Cl)cn2)c1)N1CCCC[C@@H]1c1ccccc1. The highest BCUT2D eigenvalue weighted by atomic mass is 35.5. The molecule has 1 aromatic heterocycles. The van der Waals surface area contributed by atoms with Gasteiger partial charge in [0.25, 0.3) is 5.91 Å². The number of piperidine rings is 1. The normalized spacial score (nSPS) is 16.8. The number of carbonyl (C=O) groups is 1. The van der Waals surface area contributed by atoms with E-state index in [4.69, 9.17) is 16.3 Å². The van der Waals surface area contributed by atoms with Gasteiger partial charge in [-0.1, -0.05) is 48.0 Å². The lowest BCUT2D eigenvalue weighted by atomic mass is 9.94. The molecule has 0 spiro atoms. The van der Waals surface area contributed by atoms with Crippen LogP contribution in [-0.4, -0.2) is 27.1 Å². The van der Waals surface area contributed by atoms with E-state index in [9.17, 15) is 4.79 Å². The Bertz CT molecular complexity index is 942. The molecule has 0 saturated carbocycles. The molecule has 0 aliphatic carbocycles. The molecular formula is C22H22ClN3O2. The molecule has 4 rings (SSSR count). The van der Waals surface area contributed by atoms with Gasteiger partial charge in [0.15, 0.2) is 6.73 Å². The largest absolute Gasteiger partial charge is 0.471 e. The van der Waals surface area contributed by atoms with Crippen molar-refractivity contribution >= 4 is 17.5 Å². The monoisotopic (exact) mass is 395 g/mol. The molecule has 0 radical (unpaired) electrons. The van der Waals surface area contributed by atoms with Crippen molar-refractivity contribution < 1.29 is 9.53 Å². The molecule has 0 N–H and O–H groups in total. The predicted octanol–water partition coefficient (Wildman–Crippen LogP) is 4.94. The zero-order valence-corrected chi connectivity index (χ0v) is 16.3. The molecule has 1 amide bonds. The van der Waals surface area contributed by atoms with Crippen LogP contribution in [-0.2, 0) is 6.73 Å². The number of amides is 1. The Hall–Kier alpha value is -2.79. The number of aromatic nitrogens is 2. The fourth-order valence-corrected chi connectivity index (χ4v) is 3.79. The average Bonchev–Trinajstić information content (AvgIpc) is 3.18. The Labute approximate surface area is 169 Å². The highest BCUT2D eigenvalue weighted by molar-refractivity contribution is 6.30. The molecule has 1 fully saturated rings. The van der Waals surface area contributed by atoms with E-state index in [0.29, 0.717) is 16.3 Å². The summed E-state index contributed by atoms with van der Waals surface area (Å²) in [7, 11) is 0. The second kappa shape index (κ2) is 8.48. The van der Waals surface area contributed by atoms with E-state index in [-0.39, 0.29) is 18.7 Å². The Morgan fingerprint density at radius 2 is 2.00 bits per heavy atom. The fraction of sp³-hybridized carbons (Fsp3) is 0.273. The summed E-state index contributed by atoms with van der Waals surface area (Å²) in [4.78, 5) is 15.2. The summed E-state index contributed by atoms with van der Waals surface area (Å²) >= 11 is 5.87. The van der Waals surface area contributed by atoms with Crippen molar-refractivity contribution in [3.05, 3.63) is 83.1 Å².